The van der Waals surface area contributed by atoms with E-state index in [1.54, 1.807) is 0 Å². The predicted molar refractivity (Wildman–Crippen MR) is 74.3 cm³/mol. The van der Waals surface area contributed by atoms with Crippen LogP contribution in [0, 0.1) is 5.92 Å². The molecule has 0 spiro atoms. The molecule has 1 aromatic rings. The first-order chi connectivity index (χ1) is 9.74. The summed E-state index contributed by atoms with van der Waals surface area (Å²) < 4.78 is 37.4. The zero-order chi connectivity index (χ0) is 16.0. The van der Waals surface area contributed by atoms with Gasteiger partial charge >= 0.3 is 12.2 Å². The van der Waals surface area contributed by atoms with Crippen molar-refractivity contribution in [2.45, 2.75) is 19.5 Å². The Hall–Kier alpha value is -1.47. The third-order valence-electron chi connectivity index (χ3n) is 2.78. The van der Waals surface area contributed by atoms with Crippen molar-refractivity contribution >= 4 is 23.3 Å². The van der Waals surface area contributed by atoms with Crippen LogP contribution < -0.4 is 10.6 Å². The number of aliphatic hydroxyl groups excluding tert-OH is 1. The highest BCUT2D eigenvalue weighted by molar-refractivity contribution is 6.33. The number of hydrogen-bond donors (Lipinski definition) is 3. The first-order valence-electron chi connectivity index (χ1n) is 6.26. The maximum Gasteiger partial charge on any atom is 0.416 e. The quantitative estimate of drug-likeness (QED) is 0.776. The lowest BCUT2D eigenvalue weighted by Gasteiger charge is -2.14. The second kappa shape index (κ2) is 7.51. The number of urea groups is 1. The van der Waals surface area contributed by atoms with E-state index in [4.69, 9.17) is 16.7 Å². The third-order valence-corrected chi connectivity index (χ3v) is 3.09. The third kappa shape index (κ3) is 5.81. The molecule has 0 saturated carbocycles. The molecule has 21 heavy (non-hydrogen) atoms. The fourth-order valence-electron chi connectivity index (χ4n) is 1.55. The molecule has 0 aliphatic rings. The summed E-state index contributed by atoms with van der Waals surface area (Å²) in [5.74, 6) is 0.0869. The SMILES string of the molecule is CC(CCO)CNC(=O)Nc1ccc(C(F)(F)F)cc1Cl. The molecule has 0 aromatic heterocycles. The van der Waals surface area contributed by atoms with Crippen LogP contribution in [0.2, 0.25) is 5.02 Å². The van der Waals surface area contributed by atoms with Gasteiger partial charge in [0.1, 0.15) is 0 Å². The van der Waals surface area contributed by atoms with Crippen LogP contribution in [0.25, 0.3) is 0 Å². The Morgan fingerprint density at radius 1 is 1.43 bits per heavy atom. The normalized spacial score (nSPS) is 12.9. The average molecular weight is 325 g/mol. The molecule has 1 atom stereocenters. The Balaban J connectivity index is 2.61. The van der Waals surface area contributed by atoms with E-state index >= 15 is 0 Å². The van der Waals surface area contributed by atoms with Crippen molar-refractivity contribution < 1.29 is 23.1 Å². The van der Waals surface area contributed by atoms with Crippen LogP contribution in [0.15, 0.2) is 18.2 Å². The second-order valence-electron chi connectivity index (χ2n) is 4.64. The van der Waals surface area contributed by atoms with Gasteiger partial charge in [-0.3, -0.25) is 0 Å². The minimum atomic E-state index is -4.48. The summed E-state index contributed by atoms with van der Waals surface area (Å²) in [4.78, 5) is 11.6. The van der Waals surface area contributed by atoms with Crippen molar-refractivity contribution in [1.82, 2.24) is 5.32 Å². The maximum atomic E-state index is 12.5. The number of halogens is 4. The van der Waals surface area contributed by atoms with E-state index in [0.29, 0.717) is 13.0 Å². The molecule has 0 bridgehead atoms. The molecule has 3 N–H and O–H groups in total. The molecule has 2 amide bonds. The molecule has 1 unspecified atom stereocenters. The van der Waals surface area contributed by atoms with Gasteiger partial charge in [0.05, 0.1) is 16.3 Å². The van der Waals surface area contributed by atoms with E-state index in [2.05, 4.69) is 10.6 Å². The van der Waals surface area contributed by atoms with Gasteiger partial charge in [0.2, 0.25) is 0 Å². The Kier molecular flexibility index (Phi) is 6.29. The summed E-state index contributed by atoms with van der Waals surface area (Å²) in [6.45, 7) is 2.21. The predicted octanol–water partition coefficient (Wildman–Crippen LogP) is 3.50. The molecular formula is C13H16ClF3N2O2. The van der Waals surface area contributed by atoms with Crippen LogP contribution in [0.5, 0.6) is 0 Å². The number of aliphatic hydroxyl groups is 1. The largest absolute Gasteiger partial charge is 0.416 e. The molecule has 118 valence electrons. The highest BCUT2D eigenvalue weighted by Gasteiger charge is 2.30. The van der Waals surface area contributed by atoms with Crippen molar-refractivity contribution in [2.75, 3.05) is 18.5 Å². The first-order valence-corrected chi connectivity index (χ1v) is 6.64. The lowest BCUT2D eigenvalue weighted by atomic mass is 10.1. The lowest BCUT2D eigenvalue weighted by Crippen LogP contribution is -2.32. The Bertz CT molecular complexity index is 495. The zero-order valence-corrected chi connectivity index (χ0v) is 12.1. The van der Waals surface area contributed by atoms with Crippen molar-refractivity contribution in [3.05, 3.63) is 28.8 Å². The van der Waals surface area contributed by atoms with Gasteiger partial charge in [0.25, 0.3) is 0 Å². The average Bonchev–Trinajstić information content (AvgIpc) is 2.38. The summed E-state index contributed by atoms with van der Waals surface area (Å²) >= 11 is 5.72. The summed E-state index contributed by atoms with van der Waals surface area (Å²) in [5, 5.41) is 13.5. The minimum Gasteiger partial charge on any atom is -0.396 e. The van der Waals surface area contributed by atoms with Gasteiger partial charge in [-0.15, -0.1) is 0 Å². The molecule has 0 radical (unpaired) electrons. The summed E-state index contributed by atoms with van der Waals surface area (Å²) in [6.07, 6.45) is -3.94. The van der Waals surface area contributed by atoms with Crippen LogP contribution in [0.3, 0.4) is 0 Å². The van der Waals surface area contributed by atoms with Crippen LogP contribution >= 0.6 is 11.6 Å². The first kappa shape index (κ1) is 17.6. The van der Waals surface area contributed by atoms with Crippen molar-refractivity contribution in [3.63, 3.8) is 0 Å². The number of carbonyl (C=O) groups is 1. The topological polar surface area (TPSA) is 61.4 Å². The van der Waals surface area contributed by atoms with Gasteiger partial charge in [-0.1, -0.05) is 18.5 Å². The van der Waals surface area contributed by atoms with Crippen LogP contribution in [-0.2, 0) is 6.18 Å². The number of amides is 2. The summed E-state index contributed by atoms with van der Waals surface area (Å²) in [7, 11) is 0. The Morgan fingerprint density at radius 2 is 2.10 bits per heavy atom. The van der Waals surface area contributed by atoms with Gasteiger partial charge in [0, 0.05) is 13.2 Å². The highest BCUT2D eigenvalue weighted by Crippen LogP contribution is 2.33. The number of anilines is 1. The molecule has 1 aromatic carbocycles. The van der Waals surface area contributed by atoms with Gasteiger partial charge in [0.15, 0.2) is 0 Å². The zero-order valence-electron chi connectivity index (χ0n) is 11.3. The van der Waals surface area contributed by atoms with Crippen molar-refractivity contribution in [2.24, 2.45) is 5.92 Å². The van der Waals surface area contributed by atoms with Gasteiger partial charge in [-0.25, -0.2) is 4.79 Å². The molecule has 0 aliphatic heterocycles. The second-order valence-corrected chi connectivity index (χ2v) is 5.05. The van der Waals surface area contributed by atoms with Gasteiger partial charge in [-0.05, 0) is 30.5 Å². The Morgan fingerprint density at radius 3 is 2.62 bits per heavy atom. The number of rotatable bonds is 5. The monoisotopic (exact) mass is 324 g/mol. The molecule has 0 saturated heterocycles. The van der Waals surface area contributed by atoms with Crippen molar-refractivity contribution in [1.29, 1.82) is 0 Å². The molecule has 0 aliphatic carbocycles. The maximum absolute atomic E-state index is 12.5. The number of carbonyl (C=O) groups excluding carboxylic acids is 1. The number of benzene rings is 1. The summed E-state index contributed by atoms with van der Waals surface area (Å²) in [6, 6.07) is 2.13. The van der Waals surface area contributed by atoms with Crippen molar-refractivity contribution in [3.8, 4) is 0 Å². The summed E-state index contributed by atoms with van der Waals surface area (Å²) in [5.41, 5.74) is -0.785. The van der Waals surface area contributed by atoms with Crippen LogP contribution in [0.4, 0.5) is 23.7 Å². The van der Waals surface area contributed by atoms with Crippen LogP contribution in [-0.4, -0.2) is 24.3 Å². The Labute approximate surface area is 125 Å². The number of alkyl halides is 3. The smallest absolute Gasteiger partial charge is 0.396 e. The molecule has 0 heterocycles. The van der Waals surface area contributed by atoms with E-state index in [-0.39, 0.29) is 23.2 Å². The van der Waals surface area contributed by atoms with Crippen LogP contribution in [0.1, 0.15) is 18.9 Å². The van der Waals surface area contributed by atoms with Gasteiger partial charge in [-0.2, -0.15) is 13.2 Å². The highest BCUT2D eigenvalue weighted by atomic mass is 35.5. The molecule has 8 heteroatoms. The fourth-order valence-corrected chi connectivity index (χ4v) is 1.78. The lowest BCUT2D eigenvalue weighted by molar-refractivity contribution is -0.137. The minimum absolute atomic E-state index is 0.0230. The van der Waals surface area contributed by atoms with E-state index < -0.39 is 17.8 Å². The fraction of sp³-hybridized carbons (Fsp3) is 0.462. The molecule has 1 rings (SSSR count). The standard InChI is InChI=1S/C13H16ClF3N2O2/c1-8(4-5-20)7-18-12(21)19-11-3-2-9(6-10(11)14)13(15,16)17/h2-3,6,8,20H,4-5,7H2,1H3,(H2,18,19,21). The van der Waals surface area contributed by atoms with Gasteiger partial charge < -0.3 is 15.7 Å². The number of hydrogen-bond acceptors (Lipinski definition) is 2. The molecule has 4 nitrogen and oxygen atoms in total. The van der Waals surface area contributed by atoms with E-state index in [0.717, 1.165) is 18.2 Å². The van der Waals surface area contributed by atoms with E-state index in [1.165, 1.54) is 0 Å². The number of nitrogens with one attached hydrogen (secondary N) is 2. The molecule has 0 fully saturated rings. The van der Waals surface area contributed by atoms with E-state index in [1.807, 2.05) is 6.92 Å². The molecular weight excluding hydrogens is 309 g/mol. The van der Waals surface area contributed by atoms with E-state index in [9.17, 15) is 18.0 Å².